The molecule has 2 aliphatic carbocycles. The van der Waals surface area contributed by atoms with Crippen LogP contribution in [0.5, 0.6) is 5.75 Å². The van der Waals surface area contributed by atoms with Crippen molar-refractivity contribution in [2.45, 2.75) is 90.3 Å². The molecule has 0 amide bonds. The van der Waals surface area contributed by atoms with Crippen LogP contribution in [0.2, 0.25) is 0 Å². The molecule has 2 aliphatic rings. The lowest BCUT2D eigenvalue weighted by Gasteiger charge is -2.56. The molecule has 1 saturated carbocycles. The highest BCUT2D eigenvalue weighted by Gasteiger charge is 2.53. The van der Waals surface area contributed by atoms with Gasteiger partial charge in [0.05, 0.1) is 12.2 Å². The summed E-state index contributed by atoms with van der Waals surface area (Å²) in [7, 11) is 0. The number of fused-ring (bicyclic) bond motifs is 3. The molecule has 0 spiro atoms. The standard InChI is InChI=1S/C30H42O3/c1-22(2)10-11-25-19-30(32,15-7-17-33-21-23-8-5-4-6-9-23)20-28-27-13-12-26(31)18-24(27)14-16-29(25,28)3/h4-6,8-9,12-13,18,22,25,28,31-32H,7,10-11,14-17,19-21H2,1-3H3/t25-,28+,29-,30+/m0/s1. The van der Waals surface area contributed by atoms with Gasteiger partial charge in [0.1, 0.15) is 5.75 Å². The Hall–Kier alpha value is -1.84. The maximum atomic E-state index is 11.9. The largest absolute Gasteiger partial charge is 0.508 e. The molecule has 0 aromatic heterocycles. The van der Waals surface area contributed by atoms with Crippen LogP contribution in [0, 0.1) is 17.3 Å². The van der Waals surface area contributed by atoms with Crippen LogP contribution in [-0.2, 0) is 17.8 Å². The fourth-order valence-electron chi connectivity index (χ4n) is 6.51. The zero-order valence-corrected chi connectivity index (χ0v) is 20.7. The first-order valence-electron chi connectivity index (χ1n) is 12.9. The van der Waals surface area contributed by atoms with Crippen LogP contribution in [0.4, 0.5) is 0 Å². The normalized spacial score (nSPS) is 29.0. The second-order valence-electron chi connectivity index (χ2n) is 11.4. The lowest BCUT2D eigenvalue weighted by Crippen LogP contribution is -2.50. The van der Waals surface area contributed by atoms with Crippen LogP contribution >= 0.6 is 0 Å². The second-order valence-corrected chi connectivity index (χ2v) is 11.4. The number of hydrogen-bond donors (Lipinski definition) is 2. The van der Waals surface area contributed by atoms with Crippen LogP contribution in [0.25, 0.3) is 0 Å². The lowest BCUT2D eigenvalue weighted by atomic mass is 9.50. The van der Waals surface area contributed by atoms with E-state index in [2.05, 4.69) is 39.0 Å². The van der Waals surface area contributed by atoms with E-state index in [-0.39, 0.29) is 5.41 Å². The van der Waals surface area contributed by atoms with Gasteiger partial charge in [-0.15, -0.1) is 0 Å². The van der Waals surface area contributed by atoms with Crippen molar-refractivity contribution in [3.63, 3.8) is 0 Å². The highest BCUT2D eigenvalue weighted by atomic mass is 16.5. The number of rotatable bonds is 9. The minimum Gasteiger partial charge on any atom is -0.508 e. The van der Waals surface area contributed by atoms with E-state index in [0.717, 1.165) is 38.5 Å². The number of aliphatic hydroxyl groups is 1. The average molecular weight is 451 g/mol. The molecule has 4 atom stereocenters. The van der Waals surface area contributed by atoms with Gasteiger partial charge in [0, 0.05) is 6.61 Å². The molecule has 4 rings (SSSR count). The number of aromatic hydroxyl groups is 1. The summed E-state index contributed by atoms with van der Waals surface area (Å²) in [6.07, 6.45) is 7.97. The van der Waals surface area contributed by atoms with E-state index in [9.17, 15) is 10.2 Å². The average Bonchev–Trinajstić information content (AvgIpc) is 2.79. The Morgan fingerprint density at radius 1 is 1.09 bits per heavy atom. The third-order valence-electron chi connectivity index (χ3n) is 8.51. The number of ether oxygens (including phenoxy) is 1. The third kappa shape index (κ3) is 5.63. The molecule has 1 fully saturated rings. The SMILES string of the molecule is CC(C)CC[C@H]1C[C@](O)(CCCOCc2ccccc2)C[C@@H]2c3ccc(O)cc3CC[C@@]12C. The van der Waals surface area contributed by atoms with Gasteiger partial charge in [0.25, 0.3) is 0 Å². The summed E-state index contributed by atoms with van der Waals surface area (Å²) in [5.74, 6) is 1.91. The first kappa shape index (κ1) is 24.3. The van der Waals surface area contributed by atoms with Crippen molar-refractivity contribution in [1.29, 1.82) is 0 Å². The van der Waals surface area contributed by atoms with Gasteiger partial charge in [-0.2, -0.15) is 0 Å². The molecule has 33 heavy (non-hydrogen) atoms. The summed E-state index contributed by atoms with van der Waals surface area (Å²) in [6.45, 7) is 8.39. The van der Waals surface area contributed by atoms with Crippen molar-refractivity contribution in [2.24, 2.45) is 17.3 Å². The van der Waals surface area contributed by atoms with E-state index in [1.165, 1.54) is 29.5 Å². The van der Waals surface area contributed by atoms with E-state index >= 15 is 0 Å². The minimum absolute atomic E-state index is 0.217. The van der Waals surface area contributed by atoms with Crippen molar-refractivity contribution in [3.05, 3.63) is 65.2 Å². The molecule has 3 nitrogen and oxygen atoms in total. The van der Waals surface area contributed by atoms with Gasteiger partial charge < -0.3 is 14.9 Å². The second kappa shape index (κ2) is 10.2. The van der Waals surface area contributed by atoms with Crippen LogP contribution in [-0.4, -0.2) is 22.4 Å². The predicted octanol–water partition coefficient (Wildman–Crippen LogP) is 7.00. The first-order chi connectivity index (χ1) is 15.8. The van der Waals surface area contributed by atoms with Crippen molar-refractivity contribution in [2.75, 3.05) is 6.61 Å². The van der Waals surface area contributed by atoms with E-state index in [1.54, 1.807) is 0 Å². The van der Waals surface area contributed by atoms with Crippen molar-refractivity contribution >= 4 is 0 Å². The summed E-state index contributed by atoms with van der Waals surface area (Å²) in [5, 5.41) is 21.9. The van der Waals surface area contributed by atoms with Crippen LogP contribution in [0.15, 0.2) is 48.5 Å². The molecule has 0 aliphatic heterocycles. The Labute approximate surface area is 200 Å². The third-order valence-corrected chi connectivity index (χ3v) is 8.51. The van der Waals surface area contributed by atoms with E-state index in [0.29, 0.717) is 36.7 Å². The predicted molar refractivity (Wildman–Crippen MR) is 134 cm³/mol. The molecule has 0 heterocycles. The van der Waals surface area contributed by atoms with Gasteiger partial charge >= 0.3 is 0 Å². The van der Waals surface area contributed by atoms with Gasteiger partial charge in [0.15, 0.2) is 0 Å². The first-order valence-corrected chi connectivity index (χ1v) is 12.9. The molecular weight excluding hydrogens is 408 g/mol. The van der Waals surface area contributed by atoms with Crippen molar-refractivity contribution < 1.29 is 14.9 Å². The molecule has 3 heteroatoms. The summed E-state index contributed by atoms with van der Waals surface area (Å²) in [6, 6.07) is 16.2. The number of phenolic OH excluding ortho intramolecular Hbond substituents is 1. The number of hydrogen-bond acceptors (Lipinski definition) is 3. The Morgan fingerprint density at radius 2 is 1.88 bits per heavy atom. The quantitative estimate of drug-likeness (QED) is 0.404. The van der Waals surface area contributed by atoms with E-state index in [4.69, 9.17) is 4.74 Å². The highest BCUT2D eigenvalue weighted by Crippen LogP contribution is 2.60. The minimum atomic E-state index is -0.644. The molecule has 0 unspecified atom stereocenters. The molecule has 0 bridgehead atoms. The topological polar surface area (TPSA) is 49.7 Å². The van der Waals surface area contributed by atoms with Gasteiger partial charge in [-0.1, -0.05) is 63.6 Å². The summed E-state index contributed by atoms with van der Waals surface area (Å²) < 4.78 is 5.92. The summed E-state index contributed by atoms with van der Waals surface area (Å²) >= 11 is 0. The van der Waals surface area contributed by atoms with Crippen LogP contribution < -0.4 is 0 Å². The number of aryl methyl sites for hydroxylation is 1. The maximum Gasteiger partial charge on any atom is 0.115 e. The van der Waals surface area contributed by atoms with Gasteiger partial charge in [-0.3, -0.25) is 0 Å². The number of phenols is 1. The number of benzene rings is 2. The molecule has 0 radical (unpaired) electrons. The van der Waals surface area contributed by atoms with Gasteiger partial charge in [0.2, 0.25) is 0 Å². The summed E-state index contributed by atoms with van der Waals surface area (Å²) in [5.41, 5.74) is 3.40. The maximum absolute atomic E-state index is 11.9. The monoisotopic (exact) mass is 450 g/mol. The molecule has 0 saturated heterocycles. The fraction of sp³-hybridized carbons (Fsp3) is 0.600. The van der Waals surface area contributed by atoms with Gasteiger partial charge in [-0.05, 0) is 96.9 Å². The molecule has 2 N–H and O–H groups in total. The lowest BCUT2D eigenvalue weighted by molar-refractivity contribution is -0.0947. The van der Waals surface area contributed by atoms with E-state index < -0.39 is 5.60 Å². The van der Waals surface area contributed by atoms with Crippen molar-refractivity contribution in [1.82, 2.24) is 0 Å². The van der Waals surface area contributed by atoms with Crippen molar-refractivity contribution in [3.8, 4) is 5.75 Å². The highest BCUT2D eigenvalue weighted by molar-refractivity contribution is 5.41. The Kier molecular flexibility index (Phi) is 7.50. The molecule has 2 aromatic carbocycles. The fourth-order valence-corrected chi connectivity index (χ4v) is 6.51. The molecular formula is C30H42O3. The zero-order valence-electron chi connectivity index (χ0n) is 20.7. The Bertz CT molecular complexity index is 908. The van der Waals surface area contributed by atoms with Crippen LogP contribution in [0.3, 0.4) is 0 Å². The Morgan fingerprint density at radius 3 is 2.64 bits per heavy atom. The summed E-state index contributed by atoms with van der Waals surface area (Å²) in [4.78, 5) is 0. The van der Waals surface area contributed by atoms with Gasteiger partial charge in [-0.25, -0.2) is 0 Å². The smallest absolute Gasteiger partial charge is 0.115 e. The Balaban J connectivity index is 1.46. The van der Waals surface area contributed by atoms with Crippen LogP contribution in [0.1, 0.15) is 88.3 Å². The van der Waals surface area contributed by atoms with E-state index in [1.807, 2.05) is 30.3 Å². The molecule has 2 aromatic rings. The molecule has 180 valence electrons. The zero-order chi connectivity index (χ0) is 23.5.